The predicted molar refractivity (Wildman–Crippen MR) is 95.6 cm³/mol. The Labute approximate surface area is 148 Å². The van der Waals surface area contributed by atoms with Gasteiger partial charge in [0.2, 0.25) is 5.91 Å². The molecule has 0 fully saturated rings. The lowest BCUT2D eigenvalue weighted by Crippen LogP contribution is -2.25. The van der Waals surface area contributed by atoms with Crippen molar-refractivity contribution < 1.29 is 9.18 Å². The van der Waals surface area contributed by atoms with Gasteiger partial charge in [0.25, 0.3) is 0 Å². The summed E-state index contributed by atoms with van der Waals surface area (Å²) >= 11 is 0. The molecule has 0 spiro atoms. The smallest absolute Gasteiger partial charge is 0.227 e. The first-order valence-electron chi connectivity index (χ1n) is 8.17. The van der Waals surface area contributed by atoms with E-state index in [1.165, 1.54) is 12.1 Å². The lowest BCUT2D eigenvalue weighted by Gasteiger charge is -2.05. The van der Waals surface area contributed by atoms with Gasteiger partial charge < -0.3 is 10.3 Å². The number of H-pyrrole nitrogens is 2. The SMILES string of the molecule is O=C(Cc1nc2ccccc2[nH]1)NCc1cn[nH]c1-c1ccc(F)cc1. The van der Waals surface area contributed by atoms with Crippen LogP contribution in [0.5, 0.6) is 0 Å². The van der Waals surface area contributed by atoms with Crippen LogP contribution in [0.1, 0.15) is 11.4 Å². The molecule has 3 N–H and O–H groups in total. The number of fused-ring (bicyclic) bond motifs is 1. The first kappa shape index (κ1) is 16.0. The molecule has 0 aliphatic carbocycles. The fourth-order valence-electron chi connectivity index (χ4n) is 2.81. The normalized spacial score (nSPS) is 11.0. The zero-order chi connectivity index (χ0) is 17.9. The molecule has 0 aliphatic rings. The highest BCUT2D eigenvalue weighted by Crippen LogP contribution is 2.21. The quantitative estimate of drug-likeness (QED) is 0.518. The number of halogens is 1. The maximum Gasteiger partial charge on any atom is 0.227 e. The average molecular weight is 349 g/mol. The summed E-state index contributed by atoms with van der Waals surface area (Å²) in [4.78, 5) is 19.8. The minimum Gasteiger partial charge on any atom is -0.351 e. The zero-order valence-corrected chi connectivity index (χ0v) is 13.8. The molecule has 0 saturated carbocycles. The van der Waals surface area contributed by atoms with Crippen LogP contribution in [0.2, 0.25) is 0 Å². The minimum absolute atomic E-state index is 0.143. The molecule has 0 bridgehead atoms. The monoisotopic (exact) mass is 349 g/mol. The van der Waals surface area contributed by atoms with E-state index in [-0.39, 0.29) is 18.1 Å². The van der Waals surface area contributed by atoms with Crippen molar-refractivity contribution in [3.05, 3.63) is 71.9 Å². The standard InChI is InChI=1S/C19H16FN5O/c20-14-7-5-12(6-8-14)19-13(11-22-25-19)10-21-18(26)9-17-23-15-3-1-2-4-16(15)24-17/h1-8,11H,9-10H2,(H,21,26)(H,22,25)(H,23,24). The van der Waals surface area contributed by atoms with E-state index in [2.05, 4.69) is 25.5 Å². The number of nitrogens with one attached hydrogen (secondary N) is 3. The Morgan fingerprint density at radius 3 is 2.73 bits per heavy atom. The van der Waals surface area contributed by atoms with Crippen molar-refractivity contribution in [3.63, 3.8) is 0 Å². The van der Waals surface area contributed by atoms with Crippen LogP contribution in [-0.4, -0.2) is 26.1 Å². The molecule has 0 aliphatic heterocycles. The van der Waals surface area contributed by atoms with E-state index in [0.29, 0.717) is 12.4 Å². The van der Waals surface area contributed by atoms with Crippen molar-refractivity contribution in [2.45, 2.75) is 13.0 Å². The summed E-state index contributed by atoms with van der Waals surface area (Å²) in [6, 6.07) is 13.8. The second kappa shape index (κ2) is 6.79. The van der Waals surface area contributed by atoms with Crippen molar-refractivity contribution in [1.82, 2.24) is 25.5 Å². The number of aromatic nitrogens is 4. The number of para-hydroxylation sites is 2. The highest BCUT2D eigenvalue weighted by Gasteiger charge is 2.11. The summed E-state index contributed by atoms with van der Waals surface area (Å²) in [6.07, 6.45) is 1.82. The third kappa shape index (κ3) is 3.32. The second-order valence-corrected chi connectivity index (χ2v) is 5.93. The number of nitrogens with zero attached hydrogens (tertiary/aromatic N) is 2. The van der Waals surface area contributed by atoms with Crippen LogP contribution in [0.3, 0.4) is 0 Å². The third-order valence-corrected chi connectivity index (χ3v) is 4.09. The van der Waals surface area contributed by atoms with Gasteiger partial charge in [0.1, 0.15) is 11.6 Å². The molecule has 4 aromatic rings. The molecule has 0 atom stereocenters. The molecular formula is C19H16FN5O. The van der Waals surface area contributed by atoms with Crippen molar-refractivity contribution in [1.29, 1.82) is 0 Å². The number of imidazole rings is 1. The minimum atomic E-state index is -0.297. The van der Waals surface area contributed by atoms with Crippen LogP contribution in [-0.2, 0) is 17.8 Å². The van der Waals surface area contributed by atoms with Crippen molar-refractivity contribution >= 4 is 16.9 Å². The Hall–Kier alpha value is -3.48. The van der Waals surface area contributed by atoms with Crippen molar-refractivity contribution in [2.75, 3.05) is 0 Å². The molecule has 2 heterocycles. The number of amides is 1. The summed E-state index contributed by atoms with van der Waals surface area (Å²) in [5.41, 5.74) is 4.14. The Kier molecular flexibility index (Phi) is 4.18. The lowest BCUT2D eigenvalue weighted by atomic mass is 10.1. The van der Waals surface area contributed by atoms with Gasteiger partial charge in [0.15, 0.2) is 0 Å². The van der Waals surface area contributed by atoms with Gasteiger partial charge in [-0.2, -0.15) is 5.10 Å². The van der Waals surface area contributed by atoms with E-state index in [1.54, 1.807) is 18.3 Å². The largest absolute Gasteiger partial charge is 0.351 e. The molecule has 6 nitrogen and oxygen atoms in total. The number of hydrogen-bond donors (Lipinski definition) is 3. The molecular weight excluding hydrogens is 333 g/mol. The highest BCUT2D eigenvalue weighted by atomic mass is 19.1. The first-order valence-corrected chi connectivity index (χ1v) is 8.17. The predicted octanol–water partition coefficient (Wildman–Crippen LogP) is 2.95. The van der Waals surface area contributed by atoms with Gasteiger partial charge in [-0.25, -0.2) is 9.37 Å². The van der Waals surface area contributed by atoms with Crippen molar-refractivity contribution in [2.24, 2.45) is 0 Å². The number of hydrogen-bond acceptors (Lipinski definition) is 3. The van der Waals surface area contributed by atoms with E-state index >= 15 is 0 Å². The third-order valence-electron chi connectivity index (χ3n) is 4.09. The molecule has 2 aromatic heterocycles. The van der Waals surface area contributed by atoms with Gasteiger partial charge in [-0.3, -0.25) is 9.89 Å². The zero-order valence-electron chi connectivity index (χ0n) is 13.8. The van der Waals surface area contributed by atoms with Gasteiger partial charge >= 0.3 is 0 Å². The Morgan fingerprint density at radius 1 is 1.12 bits per heavy atom. The van der Waals surface area contributed by atoms with Crippen LogP contribution in [0, 0.1) is 5.82 Å². The van der Waals surface area contributed by atoms with E-state index in [9.17, 15) is 9.18 Å². The molecule has 4 rings (SSSR count). The topological polar surface area (TPSA) is 86.5 Å². The van der Waals surface area contributed by atoms with Crippen LogP contribution >= 0.6 is 0 Å². The van der Waals surface area contributed by atoms with Gasteiger partial charge in [0.05, 0.1) is 29.3 Å². The number of aromatic amines is 2. The van der Waals surface area contributed by atoms with E-state index < -0.39 is 0 Å². The number of benzene rings is 2. The Bertz CT molecular complexity index is 1020. The van der Waals surface area contributed by atoms with Crippen LogP contribution in [0.15, 0.2) is 54.7 Å². The van der Waals surface area contributed by atoms with Crippen LogP contribution in [0.4, 0.5) is 4.39 Å². The lowest BCUT2D eigenvalue weighted by molar-refractivity contribution is -0.120. The van der Waals surface area contributed by atoms with E-state index in [4.69, 9.17) is 0 Å². The fourth-order valence-corrected chi connectivity index (χ4v) is 2.81. The van der Waals surface area contributed by atoms with Gasteiger partial charge in [-0.1, -0.05) is 12.1 Å². The molecule has 0 radical (unpaired) electrons. The summed E-state index contributed by atoms with van der Waals surface area (Å²) < 4.78 is 13.1. The molecule has 7 heteroatoms. The fraction of sp³-hybridized carbons (Fsp3) is 0.105. The summed E-state index contributed by atoms with van der Waals surface area (Å²) in [5, 5.41) is 9.78. The van der Waals surface area contributed by atoms with E-state index in [0.717, 1.165) is 27.9 Å². The molecule has 0 unspecified atom stereocenters. The molecule has 26 heavy (non-hydrogen) atoms. The number of carbonyl (C=O) groups excluding carboxylic acids is 1. The number of rotatable bonds is 5. The van der Waals surface area contributed by atoms with Crippen LogP contribution in [0.25, 0.3) is 22.3 Å². The average Bonchev–Trinajstić information content (AvgIpc) is 3.26. The van der Waals surface area contributed by atoms with Gasteiger partial charge in [-0.05, 0) is 36.4 Å². The Morgan fingerprint density at radius 2 is 1.92 bits per heavy atom. The summed E-state index contributed by atoms with van der Waals surface area (Å²) in [7, 11) is 0. The van der Waals surface area contributed by atoms with E-state index in [1.807, 2.05) is 24.3 Å². The first-order chi connectivity index (χ1) is 12.7. The van der Waals surface area contributed by atoms with Crippen molar-refractivity contribution in [3.8, 4) is 11.3 Å². The molecule has 130 valence electrons. The number of carbonyl (C=O) groups is 1. The highest BCUT2D eigenvalue weighted by molar-refractivity contribution is 5.80. The molecule has 1 amide bonds. The molecule has 0 saturated heterocycles. The summed E-state index contributed by atoms with van der Waals surface area (Å²) in [5.74, 6) is 0.180. The van der Waals surface area contributed by atoms with Gasteiger partial charge in [-0.15, -0.1) is 0 Å². The molecule has 2 aromatic carbocycles. The second-order valence-electron chi connectivity index (χ2n) is 5.93. The maximum atomic E-state index is 13.1. The maximum absolute atomic E-state index is 13.1. The summed E-state index contributed by atoms with van der Waals surface area (Å²) in [6.45, 7) is 0.322. The van der Waals surface area contributed by atoms with Crippen LogP contribution < -0.4 is 5.32 Å². The Balaban J connectivity index is 1.42. The van der Waals surface area contributed by atoms with Gasteiger partial charge in [0, 0.05) is 17.7 Å².